The van der Waals surface area contributed by atoms with Gasteiger partial charge in [0.2, 0.25) is 0 Å². The highest BCUT2D eigenvalue weighted by Crippen LogP contribution is 1.83. The number of Topliss-reactive ketones (excluding diaryl/α,β-unsaturated/α-hetero) is 1. The molecule has 0 aliphatic heterocycles. The fourth-order valence-electron chi connectivity index (χ4n) is 0.986. The summed E-state index contributed by atoms with van der Waals surface area (Å²) in [5, 5.41) is 0. The summed E-state index contributed by atoms with van der Waals surface area (Å²) in [6, 6.07) is 0. The van der Waals surface area contributed by atoms with Gasteiger partial charge in [-0.3, -0.25) is 8.32 Å². The summed E-state index contributed by atoms with van der Waals surface area (Å²) >= 11 is 2.08. The van der Waals surface area contributed by atoms with Gasteiger partial charge >= 0.3 is 0 Å². The third-order valence-corrected chi connectivity index (χ3v) is 2.30. The zero-order valence-electron chi connectivity index (χ0n) is 10.8. The molecule has 18 heavy (non-hydrogen) atoms. The zero-order valence-corrected chi connectivity index (χ0v) is 12.9. The minimum absolute atomic E-state index is 0.0242. The number of ether oxygens (including phenoxy) is 4. The number of nitrogens with one attached hydrogen (secondary N) is 1. The van der Waals surface area contributed by atoms with Crippen molar-refractivity contribution in [2.24, 2.45) is 0 Å². The molecule has 0 rings (SSSR count). The molecule has 0 atom stereocenters. The van der Waals surface area contributed by atoms with Crippen LogP contribution >= 0.6 is 22.9 Å². The van der Waals surface area contributed by atoms with Crippen molar-refractivity contribution < 1.29 is 23.7 Å². The smallest absolute Gasteiger partial charge is 0.155 e. The van der Waals surface area contributed by atoms with Crippen LogP contribution in [0, 0.1) is 0 Å². The Hall–Kier alpha value is 0.200. The van der Waals surface area contributed by atoms with Crippen LogP contribution in [0.4, 0.5) is 0 Å². The van der Waals surface area contributed by atoms with Gasteiger partial charge in [-0.05, 0) is 6.92 Å². The van der Waals surface area contributed by atoms with Gasteiger partial charge in [-0.25, -0.2) is 0 Å². The maximum Gasteiger partial charge on any atom is 0.155 e. The van der Waals surface area contributed by atoms with E-state index in [0.29, 0.717) is 46.2 Å². The Morgan fingerprint density at radius 3 is 1.78 bits per heavy atom. The Morgan fingerprint density at radius 1 is 0.889 bits per heavy atom. The number of rotatable bonds is 14. The van der Waals surface area contributed by atoms with Gasteiger partial charge in [-0.2, -0.15) is 0 Å². The van der Waals surface area contributed by atoms with Crippen LogP contribution in [0.5, 0.6) is 0 Å². The molecule has 108 valence electrons. The largest absolute Gasteiger partial charge is 0.378 e. The molecule has 0 aromatic carbocycles. The third-order valence-electron chi connectivity index (χ3n) is 1.76. The van der Waals surface area contributed by atoms with Crippen molar-refractivity contribution in [3.8, 4) is 0 Å². The van der Waals surface area contributed by atoms with Crippen molar-refractivity contribution in [2.45, 2.75) is 6.92 Å². The number of carbonyl (C=O) groups is 1. The highest BCUT2D eigenvalue weighted by Gasteiger charge is 1.94. The van der Waals surface area contributed by atoms with Gasteiger partial charge in [-0.1, -0.05) is 0 Å². The molecule has 0 saturated heterocycles. The van der Waals surface area contributed by atoms with E-state index in [2.05, 4.69) is 26.4 Å². The third kappa shape index (κ3) is 16.2. The van der Waals surface area contributed by atoms with Crippen LogP contribution in [0.1, 0.15) is 6.92 Å². The highest BCUT2D eigenvalue weighted by molar-refractivity contribution is 14.1. The molecule has 6 nitrogen and oxygen atoms in total. The lowest BCUT2D eigenvalue weighted by molar-refractivity contribution is -0.122. The van der Waals surface area contributed by atoms with Crippen molar-refractivity contribution in [3.63, 3.8) is 0 Å². The van der Waals surface area contributed by atoms with Gasteiger partial charge < -0.3 is 18.9 Å². The summed E-state index contributed by atoms with van der Waals surface area (Å²) in [4.78, 5) is 10.5. The monoisotopic (exact) mass is 375 g/mol. The Balaban J connectivity index is 2.92. The number of halogens is 1. The summed E-state index contributed by atoms with van der Waals surface area (Å²) in [7, 11) is 0. The lowest BCUT2D eigenvalue weighted by atomic mass is 10.5. The lowest BCUT2D eigenvalue weighted by Crippen LogP contribution is -2.15. The average molecular weight is 375 g/mol. The maximum absolute atomic E-state index is 10.5. The molecule has 0 bridgehead atoms. The van der Waals surface area contributed by atoms with Crippen molar-refractivity contribution >= 4 is 28.6 Å². The van der Waals surface area contributed by atoms with Crippen molar-refractivity contribution in [1.29, 1.82) is 0 Å². The van der Waals surface area contributed by atoms with Crippen molar-refractivity contribution in [2.75, 3.05) is 59.4 Å². The Morgan fingerprint density at radius 2 is 1.33 bits per heavy atom. The van der Waals surface area contributed by atoms with E-state index < -0.39 is 0 Å². The first kappa shape index (κ1) is 18.2. The van der Waals surface area contributed by atoms with Crippen LogP contribution in [-0.2, 0) is 23.7 Å². The predicted molar refractivity (Wildman–Crippen MR) is 76.0 cm³/mol. The molecule has 0 aliphatic carbocycles. The van der Waals surface area contributed by atoms with Gasteiger partial charge in [0.15, 0.2) is 5.78 Å². The summed E-state index contributed by atoms with van der Waals surface area (Å²) in [5.41, 5.74) is 0. The first-order valence-electron chi connectivity index (χ1n) is 5.91. The molecule has 0 amide bonds. The number of hydrogen-bond donors (Lipinski definition) is 1. The van der Waals surface area contributed by atoms with E-state index in [1.54, 1.807) is 0 Å². The van der Waals surface area contributed by atoms with Crippen molar-refractivity contribution in [3.05, 3.63) is 0 Å². The number of carbonyl (C=O) groups excluding carboxylic acids is 1. The van der Waals surface area contributed by atoms with Crippen LogP contribution < -0.4 is 3.53 Å². The molecule has 0 aromatic rings. The quantitative estimate of drug-likeness (QED) is 0.272. The second-order valence-electron chi connectivity index (χ2n) is 3.48. The summed E-state index contributed by atoms with van der Waals surface area (Å²) in [6.45, 7) is 6.34. The van der Waals surface area contributed by atoms with Gasteiger partial charge in [0.25, 0.3) is 0 Å². The standard InChI is InChI=1S/C11H22INO5/c1-11(14)10-18-9-8-17-7-6-16-5-4-15-3-2-13-12/h13H,2-10H2,1H3. The van der Waals surface area contributed by atoms with Crippen molar-refractivity contribution in [1.82, 2.24) is 3.53 Å². The number of hydrogen-bond acceptors (Lipinski definition) is 6. The number of ketones is 1. The molecule has 0 fully saturated rings. The lowest BCUT2D eigenvalue weighted by Gasteiger charge is -2.06. The molecule has 7 heteroatoms. The molecule has 0 aromatic heterocycles. The molecule has 0 radical (unpaired) electrons. The normalized spacial score (nSPS) is 10.8. The van der Waals surface area contributed by atoms with Gasteiger partial charge in [0, 0.05) is 29.4 Å². The van der Waals surface area contributed by atoms with Crippen LogP contribution in [0.25, 0.3) is 0 Å². The van der Waals surface area contributed by atoms with E-state index in [1.807, 2.05) is 0 Å². The Labute approximate surface area is 122 Å². The Kier molecular flexibility index (Phi) is 15.4. The minimum atomic E-state index is 0.0242. The maximum atomic E-state index is 10.5. The fourth-order valence-corrected chi connectivity index (χ4v) is 1.21. The zero-order chi connectivity index (χ0) is 13.5. The fraction of sp³-hybridized carbons (Fsp3) is 0.909. The second-order valence-corrected chi connectivity index (χ2v) is 4.24. The van der Waals surface area contributed by atoms with E-state index in [-0.39, 0.29) is 12.4 Å². The second kappa shape index (κ2) is 15.3. The summed E-state index contributed by atoms with van der Waals surface area (Å²) < 4.78 is 23.8. The van der Waals surface area contributed by atoms with E-state index in [4.69, 9.17) is 18.9 Å². The average Bonchev–Trinajstić information content (AvgIpc) is 2.34. The molecular formula is C11H22INO5. The summed E-state index contributed by atoms with van der Waals surface area (Å²) in [6.07, 6.45) is 0. The molecule has 1 N–H and O–H groups in total. The summed E-state index contributed by atoms with van der Waals surface area (Å²) in [5.74, 6) is 0.0242. The minimum Gasteiger partial charge on any atom is -0.378 e. The first-order chi connectivity index (χ1) is 8.77. The predicted octanol–water partition coefficient (Wildman–Crippen LogP) is 0.581. The molecule has 0 unspecified atom stereocenters. The van der Waals surface area contributed by atoms with Gasteiger partial charge in [-0.15, -0.1) is 0 Å². The van der Waals surface area contributed by atoms with E-state index >= 15 is 0 Å². The first-order valence-corrected chi connectivity index (χ1v) is 6.99. The van der Waals surface area contributed by atoms with E-state index in [9.17, 15) is 4.79 Å². The molecular weight excluding hydrogens is 353 g/mol. The van der Waals surface area contributed by atoms with Crippen LogP contribution in [0.2, 0.25) is 0 Å². The van der Waals surface area contributed by atoms with E-state index in [0.717, 1.165) is 6.54 Å². The molecule has 0 aliphatic rings. The van der Waals surface area contributed by atoms with E-state index in [1.165, 1.54) is 6.92 Å². The SMILES string of the molecule is CC(=O)COCCOCCOCCOCCNI. The Bertz CT molecular complexity index is 194. The van der Waals surface area contributed by atoms with Gasteiger partial charge in [0.05, 0.1) is 46.2 Å². The van der Waals surface area contributed by atoms with Crippen LogP contribution in [0.15, 0.2) is 0 Å². The molecule has 0 saturated carbocycles. The highest BCUT2D eigenvalue weighted by atomic mass is 127. The van der Waals surface area contributed by atoms with Crippen LogP contribution in [-0.4, -0.2) is 65.2 Å². The van der Waals surface area contributed by atoms with Crippen LogP contribution in [0.3, 0.4) is 0 Å². The molecule has 0 spiro atoms. The topological polar surface area (TPSA) is 66.0 Å². The van der Waals surface area contributed by atoms with Gasteiger partial charge in [0.1, 0.15) is 6.61 Å². The molecule has 0 heterocycles.